The lowest BCUT2D eigenvalue weighted by Gasteiger charge is -2.25. The number of nitrogens with zero attached hydrogens (tertiary/aromatic N) is 1. The van der Waals surface area contributed by atoms with Gasteiger partial charge in [-0.15, -0.1) is 0 Å². The van der Waals surface area contributed by atoms with Crippen molar-refractivity contribution in [3.05, 3.63) is 87.2 Å². The van der Waals surface area contributed by atoms with Gasteiger partial charge in [-0.1, -0.05) is 24.3 Å². The quantitative estimate of drug-likeness (QED) is 0.296. The summed E-state index contributed by atoms with van der Waals surface area (Å²) in [6, 6.07) is 15.1. The molecule has 8 nitrogen and oxygen atoms in total. The van der Waals surface area contributed by atoms with Crippen LogP contribution in [-0.4, -0.2) is 43.0 Å². The lowest BCUT2D eigenvalue weighted by Crippen LogP contribution is -2.49. The van der Waals surface area contributed by atoms with E-state index in [-0.39, 0.29) is 12.1 Å². The van der Waals surface area contributed by atoms with Gasteiger partial charge in [0.15, 0.2) is 0 Å². The molecule has 2 N–H and O–H groups in total. The predicted molar refractivity (Wildman–Crippen MR) is 139 cm³/mol. The van der Waals surface area contributed by atoms with Crippen LogP contribution in [0.25, 0.3) is 0 Å². The Kier molecular flexibility index (Phi) is 7.73. The van der Waals surface area contributed by atoms with Gasteiger partial charge >= 0.3 is 6.03 Å². The minimum atomic E-state index is -1.23. The van der Waals surface area contributed by atoms with Crippen molar-refractivity contribution < 1.29 is 28.2 Å². The van der Waals surface area contributed by atoms with Gasteiger partial charge in [0.25, 0.3) is 5.91 Å². The lowest BCUT2D eigenvalue weighted by atomic mass is 10.0. The number of amides is 4. The molecule has 0 radical (unpaired) electrons. The van der Waals surface area contributed by atoms with Gasteiger partial charge in [-0.2, -0.15) is 0 Å². The highest BCUT2D eigenvalue weighted by Gasteiger charge is 2.45. The molecule has 0 bridgehead atoms. The van der Waals surface area contributed by atoms with E-state index in [0.717, 1.165) is 4.90 Å². The first-order chi connectivity index (χ1) is 17.3. The van der Waals surface area contributed by atoms with Gasteiger partial charge in [-0.25, -0.2) is 14.1 Å². The molecule has 186 valence electrons. The fraction of sp³-hybridized carbons (Fsp3) is 0.192. The number of nitrogens with one attached hydrogen (secondary N) is 2. The zero-order valence-corrected chi connectivity index (χ0v) is 21.6. The fourth-order valence-electron chi connectivity index (χ4n) is 3.90. The summed E-state index contributed by atoms with van der Waals surface area (Å²) in [5, 5.41) is 5.19. The third-order valence-corrected chi connectivity index (χ3v) is 6.48. The third-order valence-electron chi connectivity index (χ3n) is 5.81. The van der Waals surface area contributed by atoms with Crippen LogP contribution in [0.4, 0.5) is 14.9 Å². The second-order valence-electron chi connectivity index (χ2n) is 8.05. The lowest BCUT2D eigenvalue weighted by molar-refractivity contribution is -0.134. The van der Waals surface area contributed by atoms with Gasteiger partial charge in [-0.3, -0.25) is 9.59 Å². The maximum absolute atomic E-state index is 14.5. The maximum Gasteiger partial charge on any atom is 0.325 e. The molecule has 1 aliphatic heterocycles. The van der Waals surface area contributed by atoms with E-state index in [2.05, 4.69) is 10.6 Å². The smallest absolute Gasteiger partial charge is 0.325 e. The van der Waals surface area contributed by atoms with Crippen molar-refractivity contribution in [1.29, 1.82) is 0 Å². The normalized spacial score (nSPS) is 15.9. The van der Waals surface area contributed by atoms with Crippen LogP contribution in [0, 0.1) is 9.39 Å². The van der Waals surface area contributed by atoms with E-state index in [1.54, 1.807) is 54.6 Å². The molecule has 0 spiro atoms. The minimum Gasteiger partial charge on any atom is -0.497 e. The standard InChI is InChI=1S/C26H23FIN3O5/c1-35-18-8-3-15(4-9-18)13-22(24(32)29-21-12-7-17(28)14-20(21)27)31-25(33)23(30-26(31)34)16-5-10-19(36-2)11-6-16/h3-12,14,22-23H,13H2,1-2H3,(H,29,32)(H,30,34)/t22?,23-/m1/s1. The van der Waals surface area contributed by atoms with Crippen LogP contribution in [0.15, 0.2) is 66.7 Å². The monoisotopic (exact) mass is 603 g/mol. The molecule has 3 aromatic rings. The number of benzene rings is 3. The molecule has 0 saturated carbocycles. The number of hydrogen-bond acceptors (Lipinski definition) is 5. The van der Waals surface area contributed by atoms with Crippen molar-refractivity contribution in [3.8, 4) is 11.5 Å². The van der Waals surface area contributed by atoms with E-state index in [1.807, 2.05) is 22.6 Å². The number of halogens is 2. The van der Waals surface area contributed by atoms with Crippen molar-refractivity contribution in [1.82, 2.24) is 10.2 Å². The number of methoxy groups -OCH3 is 2. The summed E-state index contributed by atoms with van der Waals surface area (Å²) >= 11 is 1.96. The number of imide groups is 1. The second-order valence-corrected chi connectivity index (χ2v) is 9.29. The molecule has 1 heterocycles. The molecular formula is C26H23FIN3O5. The van der Waals surface area contributed by atoms with Crippen LogP contribution in [0.2, 0.25) is 0 Å². The van der Waals surface area contributed by atoms with E-state index < -0.39 is 35.7 Å². The number of rotatable bonds is 8. The highest BCUT2D eigenvalue weighted by atomic mass is 127. The molecule has 10 heteroatoms. The number of carbonyl (C=O) groups is 3. The second kappa shape index (κ2) is 10.9. The average Bonchev–Trinajstić information content (AvgIpc) is 3.18. The highest BCUT2D eigenvalue weighted by Crippen LogP contribution is 2.28. The first-order valence-electron chi connectivity index (χ1n) is 11.0. The Balaban J connectivity index is 1.64. The summed E-state index contributed by atoms with van der Waals surface area (Å²) in [4.78, 5) is 40.7. The summed E-state index contributed by atoms with van der Waals surface area (Å²) in [6.07, 6.45) is 0.0241. The van der Waals surface area contributed by atoms with Gasteiger partial charge in [0.05, 0.1) is 19.9 Å². The summed E-state index contributed by atoms with van der Waals surface area (Å²) in [5.41, 5.74) is 1.19. The average molecular weight is 603 g/mol. The summed E-state index contributed by atoms with van der Waals surface area (Å²) in [7, 11) is 3.06. The fourth-order valence-corrected chi connectivity index (χ4v) is 4.36. The van der Waals surface area contributed by atoms with Crippen molar-refractivity contribution >= 4 is 46.1 Å². The molecule has 0 aromatic heterocycles. The molecule has 36 heavy (non-hydrogen) atoms. The van der Waals surface area contributed by atoms with Crippen molar-refractivity contribution in [2.75, 3.05) is 19.5 Å². The van der Waals surface area contributed by atoms with Crippen LogP contribution >= 0.6 is 22.6 Å². The molecule has 4 amide bonds. The number of ether oxygens (including phenoxy) is 2. The molecule has 4 rings (SSSR count). The Labute approximate surface area is 220 Å². The molecule has 1 aliphatic rings. The first-order valence-corrected chi connectivity index (χ1v) is 12.0. The Morgan fingerprint density at radius 1 is 1.03 bits per heavy atom. The van der Waals surface area contributed by atoms with Crippen molar-refractivity contribution in [2.45, 2.75) is 18.5 Å². The maximum atomic E-state index is 14.5. The largest absolute Gasteiger partial charge is 0.497 e. The predicted octanol–water partition coefficient (Wildman–Crippen LogP) is 4.29. The molecule has 1 saturated heterocycles. The van der Waals surface area contributed by atoms with E-state index in [4.69, 9.17) is 9.47 Å². The minimum absolute atomic E-state index is 0.0241. The Morgan fingerprint density at radius 2 is 1.64 bits per heavy atom. The molecule has 3 aromatic carbocycles. The van der Waals surface area contributed by atoms with Crippen LogP contribution < -0.4 is 20.1 Å². The molecular weight excluding hydrogens is 580 g/mol. The van der Waals surface area contributed by atoms with Gasteiger partial charge in [0.1, 0.15) is 29.4 Å². The van der Waals surface area contributed by atoms with Crippen LogP contribution in [0.1, 0.15) is 17.2 Å². The molecule has 1 fully saturated rings. The zero-order valence-electron chi connectivity index (χ0n) is 19.5. The number of urea groups is 1. The van der Waals surface area contributed by atoms with Crippen LogP contribution in [0.3, 0.4) is 0 Å². The van der Waals surface area contributed by atoms with Gasteiger partial charge in [0.2, 0.25) is 5.91 Å². The Bertz CT molecular complexity index is 1280. The Hall–Kier alpha value is -3.67. The zero-order chi connectivity index (χ0) is 25.8. The third kappa shape index (κ3) is 5.43. The molecule has 2 atom stereocenters. The number of carbonyl (C=O) groups excluding carboxylic acids is 3. The van der Waals surface area contributed by atoms with E-state index >= 15 is 0 Å². The summed E-state index contributed by atoms with van der Waals surface area (Å²) in [6.45, 7) is 0. The molecule has 0 aliphatic carbocycles. The van der Waals surface area contributed by atoms with E-state index in [1.165, 1.54) is 26.4 Å². The SMILES string of the molecule is COc1ccc(CC(C(=O)Nc2ccc(I)cc2F)N2C(=O)N[C@H](c3ccc(OC)cc3)C2=O)cc1. The summed E-state index contributed by atoms with van der Waals surface area (Å²) in [5.74, 6) is -0.669. The first kappa shape index (κ1) is 25.4. The van der Waals surface area contributed by atoms with E-state index in [9.17, 15) is 18.8 Å². The summed E-state index contributed by atoms with van der Waals surface area (Å²) < 4.78 is 25.4. The number of anilines is 1. The topological polar surface area (TPSA) is 97.0 Å². The number of hydrogen-bond donors (Lipinski definition) is 2. The highest BCUT2D eigenvalue weighted by molar-refractivity contribution is 14.1. The van der Waals surface area contributed by atoms with Crippen LogP contribution in [-0.2, 0) is 16.0 Å². The molecule has 1 unspecified atom stereocenters. The van der Waals surface area contributed by atoms with Gasteiger partial charge in [-0.05, 0) is 76.2 Å². The van der Waals surface area contributed by atoms with Gasteiger partial charge < -0.3 is 20.1 Å². The van der Waals surface area contributed by atoms with Crippen molar-refractivity contribution in [3.63, 3.8) is 0 Å². The van der Waals surface area contributed by atoms with Crippen molar-refractivity contribution in [2.24, 2.45) is 0 Å². The van der Waals surface area contributed by atoms with Gasteiger partial charge in [0, 0.05) is 9.99 Å². The van der Waals surface area contributed by atoms with E-state index in [0.29, 0.717) is 26.2 Å². The Morgan fingerprint density at radius 3 is 2.22 bits per heavy atom. The van der Waals surface area contributed by atoms with Crippen LogP contribution in [0.5, 0.6) is 11.5 Å².